The smallest absolute Gasteiger partial charge is 0.416 e. The van der Waals surface area contributed by atoms with E-state index in [1.807, 2.05) is 6.92 Å². The van der Waals surface area contributed by atoms with Crippen molar-refractivity contribution in [3.63, 3.8) is 0 Å². The lowest BCUT2D eigenvalue weighted by molar-refractivity contribution is -0.143. The van der Waals surface area contributed by atoms with E-state index in [4.69, 9.17) is 4.74 Å². The topological polar surface area (TPSA) is 116 Å². The third-order valence-electron chi connectivity index (χ3n) is 11.8. The second kappa shape index (κ2) is 13.7. The Morgan fingerprint density at radius 2 is 1.47 bits per heavy atom. The van der Waals surface area contributed by atoms with Gasteiger partial charge < -0.3 is 9.84 Å². The molecule has 0 unspecified atom stereocenters. The number of rotatable bonds is 6. The number of alkyl halides is 6. The van der Waals surface area contributed by atoms with Crippen LogP contribution >= 0.6 is 15.9 Å². The molecular weight excluding hydrogens is 836 g/mol. The molecule has 8 rings (SSSR count). The number of amides is 4. The van der Waals surface area contributed by atoms with Crippen molar-refractivity contribution in [1.29, 1.82) is 0 Å². The first-order chi connectivity index (χ1) is 27.4. The lowest BCUT2D eigenvalue weighted by Crippen LogP contribution is -2.53. The van der Waals surface area contributed by atoms with E-state index in [2.05, 4.69) is 21.4 Å². The number of methoxy groups -OCH3 is 1. The molecule has 2 N–H and O–H groups in total. The van der Waals surface area contributed by atoms with Crippen molar-refractivity contribution >= 4 is 50.9 Å². The van der Waals surface area contributed by atoms with E-state index in [-0.39, 0.29) is 36.0 Å². The van der Waals surface area contributed by atoms with Crippen LogP contribution in [0.3, 0.4) is 0 Å². The summed E-state index contributed by atoms with van der Waals surface area (Å²) in [6.07, 6.45) is -9.26. The quantitative estimate of drug-likeness (QED) is 0.113. The van der Waals surface area contributed by atoms with Crippen molar-refractivity contribution in [2.75, 3.05) is 17.4 Å². The van der Waals surface area contributed by atoms with Crippen LogP contribution in [0.2, 0.25) is 0 Å². The Morgan fingerprint density at radius 3 is 2.07 bits per heavy atom. The molecule has 58 heavy (non-hydrogen) atoms. The van der Waals surface area contributed by atoms with Crippen LogP contribution in [0, 0.1) is 30.6 Å². The van der Waals surface area contributed by atoms with Gasteiger partial charge in [0, 0.05) is 16.0 Å². The fraction of sp³-hybridized carbons (Fsp3) is 0.286. The number of nitrogens with one attached hydrogen (secondary N) is 1. The number of aromatic hydroxyl groups is 1. The van der Waals surface area contributed by atoms with Gasteiger partial charge in [0.2, 0.25) is 11.8 Å². The third-order valence-corrected chi connectivity index (χ3v) is 12.3. The Morgan fingerprint density at radius 1 is 0.828 bits per heavy atom. The normalized spacial score (nSPS) is 25.7. The molecule has 16 heteroatoms. The molecule has 2 saturated heterocycles. The minimum Gasteiger partial charge on any atom is -0.504 e. The highest BCUT2D eigenvalue weighted by Crippen LogP contribution is 2.65. The molecule has 6 atom stereocenters. The van der Waals surface area contributed by atoms with E-state index in [9.17, 15) is 45.8 Å². The summed E-state index contributed by atoms with van der Waals surface area (Å²) >= 11 is 3.46. The van der Waals surface area contributed by atoms with Gasteiger partial charge in [0.1, 0.15) is 0 Å². The third kappa shape index (κ3) is 5.97. The van der Waals surface area contributed by atoms with Crippen LogP contribution in [0.25, 0.3) is 0 Å². The Balaban J connectivity index is 1.33. The van der Waals surface area contributed by atoms with Crippen LogP contribution in [0.5, 0.6) is 11.5 Å². The van der Waals surface area contributed by atoms with E-state index in [0.717, 1.165) is 10.6 Å². The summed E-state index contributed by atoms with van der Waals surface area (Å²) in [4.78, 5) is 59.3. The zero-order valence-corrected chi connectivity index (χ0v) is 32.1. The van der Waals surface area contributed by atoms with Crippen LogP contribution in [-0.2, 0) is 36.9 Å². The van der Waals surface area contributed by atoms with Crippen LogP contribution in [0.15, 0.2) is 101 Å². The maximum absolute atomic E-state index is 15.3. The Labute approximate surface area is 335 Å². The number of imide groups is 2. The number of nitrogens with zero attached hydrogens (tertiary/aromatic N) is 2. The van der Waals surface area contributed by atoms with E-state index in [0.29, 0.717) is 38.3 Å². The summed E-state index contributed by atoms with van der Waals surface area (Å²) in [5.41, 5.74) is -0.902. The summed E-state index contributed by atoms with van der Waals surface area (Å²) in [6.45, 7) is 1.86. The first-order valence-electron chi connectivity index (χ1n) is 18.1. The molecule has 4 amide bonds. The van der Waals surface area contributed by atoms with Gasteiger partial charge in [0.05, 0.1) is 52.8 Å². The second-order valence-corrected chi connectivity index (χ2v) is 15.8. The molecule has 300 valence electrons. The van der Waals surface area contributed by atoms with E-state index in [1.165, 1.54) is 13.2 Å². The average molecular weight is 869 g/mol. The summed E-state index contributed by atoms with van der Waals surface area (Å²) in [7, 11) is 1.32. The van der Waals surface area contributed by atoms with Gasteiger partial charge in [-0.3, -0.25) is 24.6 Å². The summed E-state index contributed by atoms with van der Waals surface area (Å²) in [5.74, 6) is -9.90. The molecule has 2 aliphatic carbocycles. The van der Waals surface area contributed by atoms with Crippen molar-refractivity contribution in [3.8, 4) is 11.5 Å². The zero-order chi connectivity index (χ0) is 41.6. The number of aryl methyl sites for hydroxylation is 1. The number of hydrogen-bond acceptors (Lipinski definition) is 7. The predicted octanol–water partition coefficient (Wildman–Crippen LogP) is 8.70. The number of phenolic OH excluding ortho intramolecular Hbond substituents is 1. The lowest BCUT2D eigenvalue weighted by atomic mass is 9.49. The molecule has 2 aliphatic heterocycles. The SMILES string of the molecule is COc1cc(Br)cc([C@H]2C3=CC[C@@H]4C(=O)N(c5cc(C(F)(F)F)cc(C(F)(F)F)c5)C(=O)[C@@H]4[C@@H]3C[C@H]3C(=O)N(Nc4ccc(C)cc4)C(=O)[C@@]23c2ccccc2)c1O. The molecular formula is C42H32BrF6N3O6. The largest absolute Gasteiger partial charge is 0.504 e. The van der Waals surface area contributed by atoms with Gasteiger partial charge in [-0.05, 0) is 73.7 Å². The fourth-order valence-electron chi connectivity index (χ4n) is 9.38. The summed E-state index contributed by atoms with van der Waals surface area (Å²) < 4.78 is 89.6. The zero-order valence-electron chi connectivity index (χ0n) is 30.5. The van der Waals surface area contributed by atoms with E-state index >= 15 is 4.79 Å². The Hall–Kier alpha value is -5.64. The molecule has 0 aromatic heterocycles. The number of carbonyl (C=O) groups excluding carboxylic acids is 4. The van der Waals surface area contributed by atoms with Crippen molar-refractivity contribution in [1.82, 2.24) is 5.01 Å². The number of halogens is 7. The highest BCUT2D eigenvalue weighted by atomic mass is 79.9. The maximum Gasteiger partial charge on any atom is 0.416 e. The lowest BCUT2D eigenvalue weighted by Gasteiger charge is -2.50. The van der Waals surface area contributed by atoms with Gasteiger partial charge >= 0.3 is 12.4 Å². The molecule has 3 fully saturated rings. The minimum atomic E-state index is -5.25. The monoisotopic (exact) mass is 867 g/mol. The minimum absolute atomic E-state index is 0.00951. The molecule has 4 aromatic rings. The van der Waals surface area contributed by atoms with Crippen molar-refractivity contribution in [3.05, 3.63) is 129 Å². The standard InChI is InChI=1S/C42H32BrF6N3O6/c1-20-8-10-25(11-9-20)50-52-37(55)31-19-29-27(34(30-17-24(43)18-32(58-2)35(30)53)40(31,39(52)57)21-6-4-3-5-7-21)12-13-28-33(29)38(56)51(36(28)54)26-15-22(41(44,45)46)14-23(16-26)42(47,48)49/h3-12,14-18,28-29,31,33-34,50,53H,13,19H2,1-2H3/t28-,29+,31-,33-,34+,40+/m0/s1. The fourth-order valence-corrected chi connectivity index (χ4v) is 9.84. The van der Waals surface area contributed by atoms with E-state index in [1.54, 1.807) is 66.7 Å². The highest BCUT2D eigenvalue weighted by molar-refractivity contribution is 9.10. The molecule has 0 radical (unpaired) electrons. The van der Waals surface area contributed by atoms with Gasteiger partial charge in [0.25, 0.3) is 11.8 Å². The number of hydrazine groups is 1. The molecule has 9 nitrogen and oxygen atoms in total. The number of fused-ring (bicyclic) bond motifs is 4. The number of ether oxygens (including phenoxy) is 1. The van der Waals surface area contributed by atoms with Crippen molar-refractivity contribution in [2.45, 2.75) is 43.5 Å². The summed E-state index contributed by atoms with van der Waals surface area (Å²) in [6, 6.07) is 19.0. The number of anilines is 2. The van der Waals surface area contributed by atoms with Crippen molar-refractivity contribution in [2.24, 2.45) is 23.7 Å². The molecule has 4 aromatic carbocycles. The average Bonchev–Trinajstić information content (AvgIpc) is 3.56. The number of carbonyl (C=O) groups is 4. The number of benzene rings is 4. The molecule has 0 spiro atoms. The van der Waals surface area contributed by atoms with Gasteiger partial charge in [-0.1, -0.05) is 75.6 Å². The van der Waals surface area contributed by atoms with Gasteiger partial charge in [0.15, 0.2) is 11.5 Å². The number of allylic oxidation sites excluding steroid dienone is 2. The van der Waals surface area contributed by atoms with Crippen LogP contribution in [0.4, 0.5) is 37.7 Å². The van der Waals surface area contributed by atoms with Gasteiger partial charge in [-0.2, -0.15) is 31.4 Å². The van der Waals surface area contributed by atoms with E-state index < -0.39 is 87.8 Å². The van der Waals surface area contributed by atoms with Crippen LogP contribution in [-0.4, -0.2) is 40.9 Å². The predicted molar refractivity (Wildman–Crippen MR) is 200 cm³/mol. The number of phenols is 1. The maximum atomic E-state index is 15.3. The molecule has 0 bridgehead atoms. The highest BCUT2D eigenvalue weighted by Gasteiger charge is 2.71. The summed E-state index contributed by atoms with van der Waals surface area (Å²) in [5, 5.41) is 12.8. The van der Waals surface area contributed by atoms with Gasteiger partial charge in [-0.25, -0.2) is 4.90 Å². The van der Waals surface area contributed by atoms with Gasteiger partial charge in [-0.15, -0.1) is 0 Å². The van der Waals surface area contributed by atoms with Crippen LogP contribution < -0.4 is 15.1 Å². The first-order valence-corrected chi connectivity index (χ1v) is 18.9. The first kappa shape index (κ1) is 39.2. The molecule has 4 aliphatic rings. The van der Waals surface area contributed by atoms with Crippen molar-refractivity contribution < 1.29 is 55.4 Å². The molecule has 1 saturated carbocycles. The number of hydrogen-bond donors (Lipinski definition) is 2. The Bertz CT molecular complexity index is 2390. The van der Waals surface area contributed by atoms with Crippen LogP contribution in [0.1, 0.15) is 46.6 Å². The molecule has 2 heterocycles. The second-order valence-electron chi connectivity index (χ2n) is 14.9. The Kier molecular flexibility index (Phi) is 9.29.